The number of rotatable bonds is 3. The highest BCUT2D eigenvalue weighted by molar-refractivity contribution is 7.87. The van der Waals surface area contributed by atoms with Gasteiger partial charge >= 0.3 is 10.1 Å². The van der Waals surface area contributed by atoms with Gasteiger partial charge in [0, 0.05) is 17.4 Å². The maximum atomic E-state index is 12.7. The maximum absolute atomic E-state index is 12.7. The first-order chi connectivity index (χ1) is 13.5. The number of aryl methyl sites for hydroxylation is 2. The van der Waals surface area contributed by atoms with Crippen LogP contribution in [-0.4, -0.2) is 20.9 Å². The second-order valence-corrected chi connectivity index (χ2v) is 8.45. The standard InChI is InChI=1S/C20H17NO6S/c22-20-11-25-19-8-6-13(10-16(19)21-20)28(23,24)27-12-5-7-18-15(9-12)14-3-1-2-4-17(14)26-18/h5-10H,1-4,11H2,(H,21,22). The molecule has 7 nitrogen and oxygen atoms in total. The number of benzene rings is 2. The molecule has 3 aromatic rings. The zero-order chi connectivity index (χ0) is 19.3. The highest BCUT2D eigenvalue weighted by atomic mass is 32.2. The highest BCUT2D eigenvalue weighted by Gasteiger charge is 2.23. The molecule has 1 N–H and O–H groups in total. The van der Waals surface area contributed by atoms with E-state index in [1.54, 1.807) is 18.2 Å². The van der Waals surface area contributed by atoms with Gasteiger partial charge in [0.2, 0.25) is 0 Å². The van der Waals surface area contributed by atoms with Gasteiger partial charge in [0.25, 0.3) is 5.91 Å². The van der Waals surface area contributed by atoms with Crippen LogP contribution >= 0.6 is 0 Å². The Balaban J connectivity index is 1.48. The van der Waals surface area contributed by atoms with Gasteiger partial charge in [-0.2, -0.15) is 8.42 Å². The van der Waals surface area contributed by atoms with Crippen LogP contribution in [0.25, 0.3) is 11.0 Å². The number of carbonyl (C=O) groups excluding carboxylic acids is 1. The third-order valence-electron chi connectivity index (χ3n) is 5.01. The summed E-state index contributed by atoms with van der Waals surface area (Å²) in [5.74, 6) is 1.29. The average molecular weight is 399 g/mol. The number of hydrogen-bond acceptors (Lipinski definition) is 6. The zero-order valence-corrected chi connectivity index (χ0v) is 15.7. The van der Waals surface area contributed by atoms with E-state index >= 15 is 0 Å². The summed E-state index contributed by atoms with van der Waals surface area (Å²) in [7, 11) is -4.07. The van der Waals surface area contributed by atoms with Gasteiger partial charge in [0.05, 0.1) is 5.69 Å². The van der Waals surface area contributed by atoms with E-state index in [4.69, 9.17) is 13.3 Å². The van der Waals surface area contributed by atoms with Crippen molar-refractivity contribution in [2.75, 3.05) is 11.9 Å². The van der Waals surface area contributed by atoms with E-state index in [0.717, 1.165) is 48.0 Å². The minimum Gasteiger partial charge on any atom is -0.482 e. The van der Waals surface area contributed by atoms with Crippen molar-refractivity contribution in [2.24, 2.45) is 0 Å². The lowest BCUT2D eigenvalue weighted by Crippen LogP contribution is -2.25. The number of amides is 1. The van der Waals surface area contributed by atoms with E-state index in [9.17, 15) is 13.2 Å². The lowest BCUT2D eigenvalue weighted by Gasteiger charge is -2.18. The Morgan fingerprint density at radius 3 is 2.79 bits per heavy atom. The first kappa shape index (κ1) is 17.1. The third-order valence-corrected chi connectivity index (χ3v) is 6.25. The van der Waals surface area contributed by atoms with Crippen LogP contribution in [0, 0.1) is 0 Å². The summed E-state index contributed by atoms with van der Waals surface area (Å²) < 4.78 is 41.9. The summed E-state index contributed by atoms with van der Waals surface area (Å²) in [4.78, 5) is 11.4. The van der Waals surface area contributed by atoms with E-state index in [2.05, 4.69) is 5.32 Å². The summed E-state index contributed by atoms with van der Waals surface area (Å²) in [6, 6.07) is 9.26. The van der Waals surface area contributed by atoms with Crippen molar-refractivity contribution >= 4 is 32.7 Å². The fraction of sp³-hybridized carbons (Fsp3) is 0.250. The minimum absolute atomic E-state index is 0.0635. The van der Waals surface area contributed by atoms with Gasteiger partial charge in [-0.25, -0.2) is 0 Å². The van der Waals surface area contributed by atoms with Crippen LogP contribution in [-0.2, 0) is 27.8 Å². The molecule has 1 amide bonds. The van der Waals surface area contributed by atoms with Crippen LogP contribution in [0.15, 0.2) is 45.7 Å². The topological polar surface area (TPSA) is 94.8 Å². The summed E-state index contributed by atoms with van der Waals surface area (Å²) in [6.45, 7) is -0.0926. The molecule has 2 heterocycles. The Labute approximate surface area is 161 Å². The molecule has 0 spiro atoms. The van der Waals surface area contributed by atoms with E-state index in [0.29, 0.717) is 11.4 Å². The van der Waals surface area contributed by atoms with Crippen LogP contribution in [0.3, 0.4) is 0 Å². The number of hydrogen-bond donors (Lipinski definition) is 1. The molecule has 1 aromatic heterocycles. The van der Waals surface area contributed by atoms with Crippen molar-refractivity contribution < 1.29 is 26.5 Å². The molecule has 2 aliphatic rings. The number of fused-ring (bicyclic) bond motifs is 4. The number of nitrogens with one attached hydrogen (secondary N) is 1. The minimum atomic E-state index is -4.07. The van der Waals surface area contributed by atoms with Crippen molar-refractivity contribution in [1.82, 2.24) is 0 Å². The Hall–Kier alpha value is -3.00. The molecule has 28 heavy (non-hydrogen) atoms. The van der Waals surface area contributed by atoms with E-state index < -0.39 is 10.1 Å². The normalized spacial score (nSPS) is 16.1. The molecule has 0 unspecified atom stereocenters. The van der Waals surface area contributed by atoms with Gasteiger partial charge in [-0.1, -0.05) is 0 Å². The lowest BCUT2D eigenvalue weighted by molar-refractivity contribution is -0.118. The van der Waals surface area contributed by atoms with Crippen LogP contribution in [0.1, 0.15) is 24.2 Å². The smallest absolute Gasteiger partial charge is 0.339 e. The van der Waals surface area contributed by atoms with Gasteiger partial charge < -0.3 is 18.7 Å². The van der Waals surface area contributed by atoms with Crippen LogP contribution < -0.4 is 14.2 Å². The van der Waals surface area contributed by atoms with Crippen molar-refractivity contribution in [1.29, 1.82) is 0 Å². The van der Waals surface area contributed by atoms with Crippen LogP contribution in [0.4, 0.5) is 5.69 Å². The molecule has 5 rings (SSSR count). The second kappa shape index (κ2) is 6.27. The zero-order valence-electron chi connectivity index (χ0n) is 14.9. The second-order valence-electron chi connectivity index (χ2n) is 6.90. The quantitative estimate of drug-likeness (QED) is 0.678. The Morgan fingerprint density at radius 2 is 1.89 bits per heavy atom. The van der Waals surface area contributed by atoms with E-state index in [1.807, 2.05) is 0 Å². The maximum Gasteiger partial charge on any atom is 0.339 e. The number of ether oxygens (including phenoxy) is 1. The SMILES string of the molecule is O=C1COc2ccc(S(=O)(=O)Oc3ccc4oc5c(c4c3)CCCC5)cc2N1. The summed E-state index contributed by atoms with van der Waals surface area (Å²) in [5, 5.41) is 3.49. The molecule has 144 valence electrons. The average Bonchev–Trinajstić information content (AvgIpc) is 3.05. The third kappa shape index (κ3) is 2.90. The molecule has 0 saturated heterocycles. The predicted molar refractivity (Wildman–Crippen MR) is 101 cm³/mol. The molecular formula is C20H17NO6S. The van der Waals surface area contributed by atoms with E-state index in [-0.39, 0.29) is 23.2 Å². The van der Waals surface area contributed by atoms with Gasteiger partial charge in [-0.05, 0) is 55.7 Å². The predicted octanol–water partition coefficient (Wildman–Crippen LogP) is 3.41. The molecule has 8 heteroatoms. The number of anilines is 1. The Kier molecular flexibility index (Phi) is 3.83. The van der Waals surface area contributed by atoms with Gasteiger partial charge in [-0.3, -0.25) is 4.79 Å². The lowest BCUT2D eigenvalue weighted by atomic mass is 9.96. The van der Waals surface area contributed by atoms with Crippen LogP contribution in [0.5, 0.6) is 11.5 Å². The largest absolute Gasteiger partial charge is 0.482 e. The van der Waals surface area contributed by atoms with Crippen molar-refractivity contribution in [3.63, 3.8) is 0 Å². The Bertz CT molecular complexity index is 1210. The van der Waals surface area contributed by atoms with Crippen molar-refractivity contribution in [3.8, 4) is 11.5 Å². The molecule has 2 aromatic carbocycles. The molecule has 0 fully saturated rings. The van der Waals surface area contributed by atoms with Gasteiger partial charge in [-0.15, -0.1) is 0 Å². The van der Waals surface area contributed by atoms with Gasteiger partial charge in [0.15, 0.2) is 6.61 Å². The molecule has 0 radical (unpaired) electrons. The van der Waals surface area contributed by atoms with Crippen molar-refractivity contribution in [3.05, 3.63) is 47.7 Å². The fourth-order valence-electron chi connectivity index (χ4n) is 3.69. The highest BCUT2D eigenvalue weighted by Crippen LogP contribution is 2.35. The molecule has 0 saturated carbocycles. The molecule has 1 aliphatic carbocycles. The fourth-order valence-corrected chi connectivity index (χ4v) is 4.64. The monoisotopic (exact) mass is 399 g/mol. The molecule has 1 aliphatic heterocycles. The number of carbonyl (C=O) groups is 1. The van der Waals surface area contributed by atoms with Crippen molar-refractivity contribution in [2.45, 2.75) is 30.6 Å². The summed E-state index contributed by atoms with van der Waals surface area (Å²) >= 11 is 0. The molecule has 0 atom stereocenters. The first-order valence-corrected chi connectivity index (χ1v) is 10.5. The molecule has 0 bridgehead atoms. The summed E-state index contributed by atoms with van der Waals surface area (Å²) in [6.07, 6.45) is 4.02. The van der Waals surface area contributed by atoms with Gasteiger partial charge in [0.1, 0.15) is 27.7 Å². The molecular weight excluding hydrogens is 382 g/mol. The first-order valence-electron chi connectivity index (χ1n) is 9.05. The Morgan fingerprint density at radius 1 is 1.04 bits per heavy atom. The number of furan rings is 1. The summed E-state index contributed by atoms with van der Waals surface area (Å²) in [5.41, 5.74) is 2.18. The van der Waals surface area contributed by atoms with Crippen LogP contribution in [0.2, 0.25) is 0 Å². The van der Waals surface area contributed by atoms with E-state index in [1.165, 1.54) is 18.2 Å².